The van der Waals surface area contributed by atoms with E-state index in [1.54, 1.807) is 11.0 Å². The van der Waals surface area contributed by atoms with Gasteiger partial charge in [-0.1, -0.05) is 17.7 Å². The molecule has 0 bridgehead atoms. The lowest BCUT2D eigenvalue weighted by Gasteiger charge is -2.26. The Balaban J connectivity index is 2.74. The van der Waals surface area contributed by atoms with E-state index < -0.39 is 0 Å². The molecule has 0 spiro atoms. The average Bonchev–Trinajstić information content (AvgIpc) is 2.39. The highest BCUT2D eigenvalue weighted by Gasteiger charge is 2.21. The van der Waals surface area contributed by atoms with Crippen LogP contribution >= 0.6 is 11.6 Å². The highest BCUT2D eigenvalue weighted by Crippen LogP contribution is 2.24. The zero-order valence-corrected chi connectivity index (χ0v) is 13.2. The minimum atomic E-state index is -0.363. The van der Waals surface area contributed by atoms with E-state index in [4.69, 9.17) is 11.6 Å². The number of likely N-dealkylation sites (N-methyl/N-ethyl adjacent to an activating group) is 1. The third kappa shape index (κ3) is 4.18. The normalized spacial score (nSPS) is 13.9. The molecule has 1 N–H and O–H groups in total. The Kier molecular flexibility index (Phi) is 6.43. The molecular weight excluding hydrogens is 279 g/mol. The van der Waals surface area contributed by atoms with E-state index in [-0.39, 0.29) is 23.8 Å². The predicted octanol–water partition coefficient (Wildman–Crippen LogP) is 3.39. The summed E-state index contributed by atoms with van der Waals surface area (Å²) in [6.07, 6.45) is 0. The van der Waals surface area contributed by atoms with Crippen LogP contribution in [0.5, 0.6) is 0 Å². The smallest absolute Gasteiger partial charge is 0.239 e. The lowest BCUT2D eigenvalue weighted by atomic mass is 10.1. The summed E-state index contributed by atoms with van der Waals surface area (Å²) in [5.41, 5.74) is 0.785. The van der Waals surface area contributed by atoms with Gasteiger partial charge >= 0.3 is 0 Å². The number of carbonyl (C=O) groups is 1. The van der Waals surface area contributed by atoms with Crippen molar-refractivity contribution >= 4 is 17.5 Å². The third-order valence-electron chi connectivity index (χ3n) is 3.37. The van der Waals surface area contributed by atoms with Crippen LogP contribution in [0.15, 0.2) is 18.2 Å². The Labute approximate surface area is 125 Å². The molecule has 1 aromatic rings. The van der Waals surface area contributed by atoms with Crippen molar-refractivity contribution in [1.29, 1.82) is 0 Å². The van der Waals surface area contributed by atoms with E-state index in [1.165, 1.54) is 12.1 Å². The summed E-state index contributed by atoms with van der Waals surface area (Å²) in [7, 11) is 0. The average molecular weight is 301 g/mol. The van der Waals surface area contributed by atoms with Gasteiger partial charge in [-0.25, -0.2) is 4.39 Å². The van der Waals surface area contributed by atoms with Crippen LogP contribution in [0, 0.1) is 5.82 Å². The van der Waals surface area contributed by atoms with Crippen LogP contribution in [0.25, 0.3) is 0 Å². The molecule has 0 aliphatic rings. The first-order chi connectivity index (χ1) is 9.40. The minimum Gasteiger partial charge on any atom is -0.342 e. The third-order valence-corrected chi connectivity index (χ3v) is 3.70. The Morgan fingerprint density at radius 2 is 1.95 bits per heavy atom. The highest BCUT2D eigenvalue weighted by atomic mass is 35.5. The molecule has 1 amide bonds. The number of hydrogen-bond acceptors (Lipinski definition) is 2. The van der Waals surface area contributed by atoms with Gasteiger partial charge in [0.05, 0.1) is 6.04 Å². The fourth-order valence-electron chi connectivity index (χ4n) is 2.20. The van der Waals surface area contributed by atoms with E-state index in [1.807, 2.05) is 27.7 Å². The van der Waals surface area contributed by atoms with Crippen molar-refractivity contribution in [3.8, 4) is 0 Å². The molecule has 0 heterocycles. The maximum Gasteiger partial charge on any atom is 0.239 e. The van der Waals surface area contributed by atoms with E-state index in [0.29, 0.717) is 18.1 Å². The van der Waals surface area contributed by atoms with Crippen molar-refractivity contribution in [3.63, 3.8) is 0 Å². The van der Waals surface area contributed by atoms with Crippen LogP contribution in [0.1, 0.15) is 39.3 Å². The lowest BCUT2D eigenvalue weighted by molar-refractivity contribution is -0.132. The van der Waals surface area contributed by atoms with Crippen molar-refractivity contribution in [2.24, 2.45) is 0 Å². The van der Waals surface area contributed by atoms with E-state index >= 15 is 0 Å². The van der Waals surface area contributed by atoms with Crippen molar-refractivity contribution in [2.45, 2.75) is 39.8 Å². The summed E-state index contributed by atoms with van der Waals surface area (Å²) in [5.74, 6) is -0.307. The number of nitrogens with zero attached hydrogens (tertiary/aromatic N) is 1. The van der Waals surface area contributed by atoms with Crippen LogP contribution in [-0.2, 0) is 4.79 Å². The quantitative estimate of drug-likeness (QED) is 0.873. The fraction of sp³-hybridized carbons (Fsp3) is 0.533. The summed E-state index contributed by atoms with van der Waals surface area (Å²) in [5, 5.41) is 3.58. The highest BCUT2D eigenvalue weighted by molar-refractivity contribution is 6.31. The number of rotatable bonds is 6. The summed E-state index contributed by atoms with van der Waals surface area (Å²) in [6, 6.07) is 3.86. The Morgan fingerprint density at radius 3 is 2.45 bits per heavy atom. The van der Waals surface area contributed by atoms with Gasteiger partial charge in [0.1, 0.15) is 5.82 Å². The Bertz CT molecular complexity index is 463. The molecule has 2 atom stereocenters. The van der Waals surface area contributed by atoms with Gasteiger partial charge in [-0.3, -0.25) is 10.1 Å². The SMILES string of the molecule is CCN(CC)C(=O)C(C)NC(C)c1ccc(F)cc1Cl. The summed E-state index contributed by atoms with van der Waals surface area (Å²) < 4.78 is 13.0. The predicted molar refractivity (Wildman–Crippen MR) is 80.4 cm³/mol. The number of halogens is 2. The van der Waals surface area contributed by atoms with Gasteiger partial charge in [-0.2, -0.15) is 0 Å². The number of hydrogen-bond donors (Lipinski definition) is 1. The van der Waals surface area contributed by atoms with Crippen LogP contribution in [0.4, 0.5) is 4.39 Å². The molecule has 0 aromatic heterocycles. The molecule has 1 aromatic carbocycles. The Morgan fingerprint density at radius 1 is 1.35 bits per heavy atom. The van der Waals surface area contributed by atoms with Crippen LogP contribution in [0.2, 0.25) is 5.02 Å². The fourth-order valence-corrected chi connectivity index (χ4v) is 2.53. The van der Waals surface area contributed by atoms with Gasteiger partial charge in [-0.05, 0) is 45.4 Å². The maximum atomic E-state index is 13.0. The molecule has 0 fully saturated rings. The zero-order valence-electron chi connectivity index (χ0n) is 12.4. The topological polar surface area (TPSA) is 32.3 Å². The van der Waals surface area contributed by atoms with Gasteiger partial charge in [0.25, 0.3) is 0 Å². The Hall–Kier alpha value is -1.13. The lowest BCUT2D eigenvalue weighted by Crippen LogP contribution is -2.45. The van der Waals surface area contributed by atoms with Crippen molar-refractivity contribution in [2.75, 3.05) is 13.1 Å². The van der Waals surface area contributed by atoms with Crippen LogP contribution in [0.3, 0.4) is 0 Å². The van der Waals surface area contributed by atoms with Crippen molar-refractivity contribution in [1.82, 2.24) is 10.2 Å². The molecule has 0 aliphatic heterocycles. The number of amides is 1. The second kappa shape index (κ2) is 7.60. The van der Waals surface area contributed by atoms with Gasteiger partial charge < -0.3 is 4.90 Å². The monoisotopic (exact) mass is 300 g/mol. The van der Waals surface area contributed by atoms with Gasteiger partial charge in [0, 0.05) is 24.2 Å². The molecule has 112 valence electrons. The van der Waals surface area contributed by atoms with Crippen LogP contribution < -0.4 is 5.32 Å². The number of carbonyl (C=O) groups excluding carboxylic acids is 1. The number of nitrogens with one attached hydrogen (secondary N) is 1. The van der Waals surface area contributed by atoms with E-state index in [0.717, 1.165) is 5.56 Å². The van der Waals surface area contributed by atoms with Crippen molar-refractivity contribution < 1.29 is 9.18 Å². The number of benzene rings is 1. The molecule has 1 rings (SSSR count). The maximum absolute atomic E-state index is 13.0. The molecular formula is C15H22ClFN2O. The van der Waals surface area contributed by atoms with Crippen molar-refractivity contribution in [3.05, 3.63) is 34.6 Å². The molecule has 2 unspecified atom stereocenters. The summed E-state index contributed by atoms with van der Waals surface area (Å²) in [4.78, 5) is 14.0. The first-order valence-corrected chi connectivity index (χ1v) is 7.28. The van der Waals surface area contributed by atoms with Crippen LogP contribution in [-0.4, -0.2) is 29.9 Å². The second-order valence-corrected chi connectivity index (χ2v) is 5.19. The molecule has 20 heavy (non-hydrogen) atoms. The minimum absolute atomic E-state index is 0.0556. The standard InChI is InChI=1S/C15H22ClFN2O/c1-5-19(6-2)15(20)11(4)18-10(3)13-8-7-12(17)9-14(13)16/h7-11,18H,5-6H2,1-4H3. The van der Waals surface area contributed by atoms with Gasteiger partial charge in [0.2, 0.25) is 5.91 Å². The second-order valence-electron chi connectivity index (χ2n) is 4.79. The van der Waals surface area contributed by atoms with E-state index in [2.05, 4.69) is 5.32 Å². The summed E-state index contributed by atoms with van der Waals surface area (Å²) in [6.45, 7) is 9.02. The molecule has 0 saturated heterocycles. The van der Waals surface area contributed by atoms with Gasteiger partial charge in [-0.15, -0.1) is 0 Å². The first-order valence-electron chi connectivity index (χ1n) is 6.90. The molecule has 0 aliphatic carbocycles. The van der Waals surface area contributed by atoms with E-state index in [9.17, 15) is 9.18 Å². The first kappa shape index (κ1) is 16.9. The molecule has 3 nitrogen and oxygen atoms in total. The van der Waals surface area contributed by atoms with Gasteiger partial charge in [0.15, 0.2) is 0 Å². The summed E-state index contributed by atoms with van der Waals surface area (Å²) >= 11 is 6.03. The molecule has 0 saturated carbocycles. The molecule has 5 heteroatoms. The molecule has 0 radical (unpaired) electrons. The largest absolute Gasteiger partial charge is 0.342 e. The zero-order chi connectivity index (χ0) is 15.3.